The summed E-state index contributed by atoms with van der Waals surface area (Å²) in [6.45, 7) is 7.88. The van der Waals surface area contributed by atoms with Crippen molar-refractivity contribution < 1.29 is 134 Å². The first kappa shape index (κ1) is 68.0. The minimum atomic E-state index is -2.03. The van der Waals surface area contributed by atoms with Gasteiger partial charge in [-0.2, -0.15) is 0 Å². The summed E-state index contributed by atoms with van der Waals surface area (Å²) in [6, 6.07) is 0. The summed E-state index contributed by atoms with van der Waals surface area (Å²) in [7, 11) is 0. The molecule has 0 radical (unpaired) electrons. The molecule has 0 aromatic heterocycles. The van der Waals surface area contributed by atoms with Crippen molar-refractivity contribution in [1.29, 1.82) is 0 Å². The molecule has 5 heterocycles. The average Bonchev–Trinajstić information content (AvgIpc) is 1.76. The van der Waals surface area contributed by atoms with E-state index < -0.39 is 187 Å². The molecule has 9 aliphatic rings. The molecular weight excluding hydrogens is 1130 g/mol. The Labute approximate surface area is 494 Å². The monoisotopic (exact) mass is 1230 g/mol. The van der Waals surface area contributed by atoms with E-state index in [0.717, 1.165) is 57.8 Å². The molecule has 35 unspecified atom stereocenters. The smallest absolute Gasteiger partial charge is 0.187 e. The van der Waals surface area contributed by atoms with Crippen molar-refractivity contribution in [1.82, 2.24) is 0 Å². The normalized spacial score (nSPS) is 51.4. The molecule has 0 aromatic rings. The van der Waals surface area contributed by atoms with Gasteiger partial charge in [0.15, 0.2) is 31.5 Å². The van der Waals surface area contributed by atoms with E-state index in [1.807, 2.05) is 6.92 Å². The average molecular weight is 1230 g/mol. The van der Waals surface area contributed by atoms with E-state index in [0.29, 0.717) is 36.0 Å². The number of hydrogen-bond donors (Lipinski definition) is 17. The minimum Gasteiger partial charge on any atom is -0.394 e. The SMILES string of the molecule is CC(CCC(C)C1CCC2C3CC=C4CC(OC5OC(CO)C(O)C(O)C5O)CCC4(C)C3CCC12C)C(C)COC1OC(COC2OC(CO)C(O)C(O)C2O)C(O)C(O)C1OC1OC(CO)C(OC2OC(CO)C(O)C(O)C2O)C(O)C1O. The summed E-state index contributed by atoms with van der Waals surface area (Å²) in [4.78, 5) is 0. The van der Waals surface area contributed by atoms with Gasteiger partial charge in [-0.15, -0.1) is 0 Å². The Hall–Kier alpha value is -1.34. The summed E-state index contributed by atoms with van der Waals surface area (Å²) >= 11 is 0. The second kappa shape index (κ2) is 28.3. The summed E-state index contributed by atoms with van der Waals surface area (Å²) in [5.41, 5.74) is 1.53. The maximum absolute atomic E-state index is 11.8. The van der Waals surface area contributed by atoms with E-state index in [1.54, 1.807) is 0 Å². The largest absolute Gasteiger partial charge is 0.394 e. The van der Waals surface area contributed by atoms with E-state index in [4.69, 9.17) is 47.4 Å². The van der Waals surface area contributed by atoms with Gasteiger partial charge in [-0.3, -0.25) is 0 Å². The van der Waals surface area contributed by atoms with Crippen LogP contribution in [0.2, 0.25) is 0 Å². The third kappa shape index (κ3) is 13.5. The number of aliphatic hydroxyl groups is 17. The predicted molar refractivity (Wildman–Crippen MR) is 288 cm³/mol. The fourth-order valence-electron chi connectivity index (χ4n) is 16.1. The van der Waals surface area contributed by atoms with Crippen LogP contribution < -0.4 is 0 Å². The Kier molecular flexibility index (Phi) is 22.6. The minimum absolute atomic E-state index is 0.00431. The lowest BCUT2D eigenvalue weighted by atomic mass is 9.47. The zero-order valence-corrected chi connectivity index (χ0v) is 49.1. The Morgan fingerprint density at radius 2 is 0.965 bits per heavy atom. The fourth-order valence-corrected chi connectivity index (χ4v) is 16.1. The van der Waals surface area contributed by atoms with Crippen molar-refractivity contribution in [3.63, 3.8) is 0 Å². The predicted octanol–water partition coefficient (Wildman–Crippen LogP) is -4.27. The van der Waals surface area contributed by atoms with Crippen molar-refractivity contribution in [3.05, 3.63) is 11.6 Å². The number of hydrogen-bond acceptors (Lipinski definition) is 27. The lowest BCUT2D eigenvalue weighted by Gasteiger charge is -2.58. The first-order chi connectivity index (χ1) is 40.3. The van der Waals surface area contributed by atoms with Crippen molar-refractivity contribution in [3.8, 4) is 0 Å². The van der Waals surface area contributed by atoms with Crippen molar-refractivity contribution >= 4 is 0 Å². The second-order valence-corrected chi connectivity index (χ2v) is 26.7. The number of aliphatic hydroxyl groups excluding tert-OH is 17. The fraction of sp³-hybridized carbons (Fsp3) is 0.966. The third-order valence-electron chi connectivity index (χ3n) is 21.7. The number of allylic oxidation sites excluding steroid dienone is 1. The highest BCUT2D eigenvalue weighted by molar-refractivity contribution is 5.25. The Bertz CT molecular complexity index is 2140. The van der Waals surface area contributed by atoms with Gasteiger partial charge in [0.25, 0.3) is 0 Å². The first-order valence-corrected chi connectivity index (χ1v) is 30.8. The van der Waals surface area contributed by atoms with Gasteiger partial charge < -0.3 is 134 Å². The Morgan fingerprint density at radius 1 is 0.471 bits per heavy atom. The van der Waals surface area contributed by atoms with Crippen LogP contribution in [0.3, 0.4) is 0 Å². The zero-order valence-electron chi connectivity index (χ0n) is 49.1. The zero-order chi connectivity index (χ0) is 61.7. The molecule has 8 fully saturated rings. The molecule has 0 amide bonds. The molecule has 27 heteroatoms. The van der Waals surface area contributed by atoms with Crippen molar-refractivity contribution in [2.24, 2.45) is 52.3 Å². The second-order valence-electron chi connectivity index (χ2n) is 26.7. The van der Waals surface area contributed by atoms with Crippen LogP contribution in [0.4, 0.5) is 0 Å². The van der Waals surface area contributed by atoms with Gasteiger partial charge in [0.05, 0.1) is 45.7 Å². The number of rotatable bonds is 21. The van der Waals surface area contributed by atoms with Gasteiger partial charge in [0.1, 0.15) is 122 Å². The molecule has 9 rings (SSSR count). The lowest BCUT2D eigenvalue weighted by Crippen LogP contribution is -2.66. The summed E-state index contributed by atoms with van der Waals surface area (Å²) in [6.07, 6.45) is -29.1. The molecule has 0 aromatic carbocycles. The van der Waals surface area contributed by atoms with Crippen molar-refractivity contribution in [2.45, 2.75) is 258 Å². The molecule has 0 bridgehead atoms. The molecule has 85 heavy (non-hydrogen) atoms. The van der Waals surface area contributed by atoms with E-state index in [2.05, 4.69) is 33.8 Å². The molecule has 27 nitrogen and oxygen atoms in total. The molecule has 492 valence electrons. The third-order valence-corrected chi connectivity index (χ3v) is 21.7. The number of ether oxygens (including phenoxy) is 10. The Balaban J connectivity index is 0.820. The van der Waals surface area contributed by atoms with E-state index in [1.165, 1.54) is 5.57 Å². The summed E-state index contributed by atoms with van der Waals surface area (Å²) < 4.78 is 58.8. The molecule has 5 saturated heterocycles. The highest BCUT2D eigenvalue weighted by Crippen LogP contribution is 2.67. The van der Waals surface area contributed by atoms with E-state index in [9.17, 15) is 86.8 Å². The molecular formula is C58H98O27. The first-order valence-electron chi connectivity index (χ1n) is 30.8. The summed E-state index contributed by atoms with van der Waals surface area (Å²) in [5, 5.41) is 180. The van der Waals surface area contributed by atoms with Crippen LogP contribution in [0, 0.1) is 52.3 Å². The Morgan fingerprint density at radius 3 is 1.55 bits per heavy atom. The van der Waals surface area contributed by atoms with Crippen LogP contribution in [-0.2, 0) is 47.4 Å². The van der Waals surface area contributed by atoms with Crippen LogP contribution in [-0.4, -0.2) is 286 Å². The topological polar surface area (TPSA) is 436 Å². The molecule has 4 aliphatic carbocycles. The van der Waals surface area contributed by atoms with E-state index >= 15 is 0 Å². The number of fused-ring (bicyclic) bond motifs is 5. The molecule has 5 aliphatic heterocycles. The van der Waals surface area contributed by atoms with Gasteiger partial charge in [0, 0.05) is 0 Å². The maximum atomic E-state index is 11.8. The van der Waals surface area contributed by atoms with Gasteiger partial charge in [-0.1, -0.05) is 59.1 Å². The highest BCUT2D eigenvalue weighted by atomic mass is 16.8. The van der Waals surface area contributed by atoms with Gasteiger partial charge >= 0.3 is 0 Å². The molecule has 0 spiro atoms. The summed E-state index contributed by atoms with van der Waals surface area (Å²) in [5.74, 6) is 2.51. The quantitative estimate of drug-likeness (QED) is 0.0484. The van der Waals surface area contributed by atoms with Gasteiger partial charge in [0.2, 0.25) is 0 Å². The molecule has 35 atom stereocenters. The molecule has 3 saturated carbocycles. The standard InChI is InChI=1S/C58H98O27/c1-23(6-7-24(2)29-10-11-30-28-9-8-26-16-27(12-14-57(26,4)31(28)13-15-58(29,30)5)78-53-47(73)42(68)38(64)33(18-60)80-53)25(3)21-76-56-51(44(70)40(66)36(83-56)22-77-52-46(72)41(67)37(63)32(17-59)79-52)85-55-49(75)45(71)50(35(20-62)82-55)84-54-48(74)43(69)39(65)34(19-61)81-54/h8,23-25,27-56,59-75H,6-7,9-22H2,1-5H3. The van der Waals surface area contributed by atoms with Gasteiger partial charge in [-0.25, -0.2) is 0 Å². The maximum Gasteiger partial charge on any atom is 0.187 e. The highest BCUT2D eigenvalue weighted by Gasteiger charge is 2.60. The van der Waals surface area contributed by atoms with Crippen LogP contribution >= 0.6 is 0 Å². The lowest BCUT2D eigenvalue weighted by molar-refractivity contribution is -0.387. The van der Waals surface area contributed by atoms with Crippen LogP contribution in [0.1, 0.15) is 98.8 Å². The van der Waals surface area contributed by atoms with E-state index in [-0.39, 0.29) is 35.4 Å². The van der Waals surface area contributed by atoms with Crippen LogP contribution in [0.5, 0.6) is 0 Å². The van der Waals surface area contributed by atoms with Crippen molar-refractivity contribution in [2.75, 3.05) is 39.6 Å². The van der Waals surface area contributed by atoms with Gasteiger partial charge in [-0.05, 0) is 104 Å². The molecule has 17 N–H and O–H groups in total. The van der Waals surface area contributed by atoms with Crippen LogP contribution in [0.25, 0.3) is 0 Å². The van der Waals surface area contributed by atoms with Crippen LogP contribution in [0.15, 0.2) is 11.6 Å².